The molecule has 5 aromatic rings. The number of aliphatic hydroxyl groups excluding tert-OH is 2. The molecule has 3 heteroatoms. The molecule has 7 rings (SSSR count). The van der Waals surface area contributed by atoms with E-state index >= 15 is 0 Å². The number of fused-ring (bicyclic) bond motifs is 7. The Morgan fingerprint density at radius 3 is 2.33 bits per heavy atom. The third-order valence-corrected chi connectivity index (χ3v) is 6.49. The van der Waals surface area contributed by atoms with Crippen molar-refractivity contribution in [2.24, 2.45) is 0 Å². The zero-order valence-corrected chi connectivity index (χ0v) is 14.4. The molecule has 1 fully saturated rings. The maximum atomic E-state index is 10.8. The van der Waals surface area contributed by atoms with E-state index in [1.165, 1.54) is 37.7 Å². The van der Waals surface area contributed by atoms with Gasteiger partial charge in [0.1, 0.15) is 24.4 Å². The predicted octanol–water partition coefficient (Wildman–Crippen LogP) is 4.59. The number of benzene rings is 5. The summed E-state index contributed by atoms with van der Waals surface area (Å²) in [5.41, 5.74) is 1.86. The van der Waals surface area contributed by atoms with Crippen molar-refractivity contribution in [3.05, 3.63) is 71.8 Å². The van der Waals surface area contributed by atoms with Crippen molar-refractivity contribution in [2.45, 2.75) is 24.4 Å². The lowest BCUT2D eigenvalue weighted by Gasteiger charge is -2.26. The maximum Gasteiger partial charge on any atom is 0.118 e. The molecular formula is C24H16O3. The molecule has 2 unspecified atom stereocenters. The average Bonchev–Trinajstić information content (AvgIpc) is 3.51. The molecule has 3 nitrogen and oxygen atoms in total. The number of hydrogen-bond donors (Lipinski definition) is 2. The predicted molar refractivity (Wildman–Crippen MR) is 106 cm³/mol. The Labute approximate surface area is 154 Å². The first kappa shape index (κ1) is 14.4. The van der Waals surface area contributed by atoms with Crippen LogP contribution >= 0.6 is 0 Å². The van der Waals surface area contributed by atoms with Crippen LogP contribution < -0.4 is 0 Å². The summed E-state index contributed by atoms with van der Waals surface area (Å²) in [5.74, 6) is 0. The van der Waals surface area contributed by atoms with E-state index in [1.807, 2.05) is 6.07 Å². The Bertz CT molecular complexity index is 1400. The molecule has 0 spiro atoms. The molecule has 0 saturated carbocycles. The Morgan fingerprint density at radius 1 is 0.704 bits per heavy atom. The largest absolute Gasteiger partial charge is 0.387 e. The number of ether oxygens (including phenoxy) is 1. The van der Waals surface area contributed by atoms with Gasteiger partial charge in [0, 0.05) is 0 Å². The molecule has 27 heavy (non-hydrogen) atoms. The lowest BCUT2D eigenvalue weighted by Crippen LogP contribution is -2.29. The quantitative estimate of drug-likeness (QED) is 0.243. The molecule has 130 valence electrons. The Morgan fingerprint density at radius 2 is 1.44 bits per heavy atom. The summed E-state index contributed by atoms with van der Waals surface area (Å²) >= 11 is 0. The van der Waals surface area contributed by atoms with Gasteiger partial charge in [-0.15, -0.1) is 0 Å². The minimum Gasteiger partial charge on any atom is -0.387 e. The lowest BCUT2D eigenvalue weighted by molar-refractivity contribution is 0.000167. The molecule has 5 aromatic carbocycles. The van der Waals surface area contributed by atoms with Crippen molar-refractivity contribution in [1.82, 2.24) is 0 Å². The first-order valence-electron chi connectivity index (χ1n) is 9.37. The summed E-state index contributed by atoms with van der Waals surface area (Å²) in [4.78, 5) is 0. The van der Waals surface area contributed by atoms with Gasteiger partial charge in [-0.2, -0.15) is 0 Å². The highest BCUT2D eigenvalue weighted by Crippen LogP contribution is 2.55. The van der Waals surface area contributed by atoms with Crippen LogP contribution in [0, 0.1) is 0 Å². The monoisotopic (exact) mass is 354 g/mol. The van der Waals surface area contributed by atoms with Crippen molar-refractivity contribution in [3.8, 4) is 0 Å². The topological polar surface area (TPSA) is 53.0 Å². The summed E-state index contributed by atoms with van der Waals surface area (Å²) in [5, 5.41) is 30.8. The van der Waals surface area contributed by atoms with Crippen LogP contribution in [0.15, 0.2) is 60.7 Å². The minimum absolute atomic E-state index is 0.133. The van der Waals surface area contributed by atoms with Crippen LogP contribution in [0.25, 0.3) is 43.1 Å². The molecule has 1 aliphatic heterocycles. The molecule has 0 aromatic heterocycles. The first-order chi connectivity index (χ1) is 13.2. The summed E-state index contributed by atoms with van der Waals surface area (Å²) in [7, 11) is 0. The minimum atomic E-state index is -0.913. The van der Waals surface area contributed by atoms with Gasteiger partial charge in [0.05, 0.1) is 0 Å². The van der Waals surface area contributed by atoms with E-state index in [4.69, 9.17) is 4.74 Å². The van der Waals surface area contributed by atoms with Crippen molar-refractivity contribution in [2.75, 3.05) is 0 Å². The molecular weight excluding hydrogens is 338 g/mol. The van der Waals surface area contributed by atoms with Crippen molar-refractivity contribution in [1.29, 1.82) is 0 Å². The highest BCUT2D eigenvalue weighted by atomic mass is 16.6. The summed E-state index contributed by atoms with van der Waals surface area (Å²) < 4.78 is 5.82. The van der Waals surface area contributed by atoms with Gasteiger partial charge in [0.25, 0.3) is 0 Å². The number of hydrogen-bond acceptors (Lipinski definition) is 3. The van der Waals surface area contributed by atoms with Crippen LogP contribution in [0.1, 0.15) is 23.3 Å². The zero-order valence-electron chi connectivity index (χ0n) is 14.4. The second kappa shape index (κ2) is 4.57. The van der Waals surface area contributed by atoms with E-state index in [0.29, 0.717) is 0 Å². The first-order valence-corrected chi connectivity index (χ1v) is 9.37. The van der Waals surface area contributed by atoms with Crippen LogP contribution in [0.2, 0.25) is 0 Å². The molecule has 0 radical (unpaired) electrons. The Kier molecular flexibility index (Phi) is 2.43. The van der Waals surface area contributed by atoms with Crippen LogP contribution in [-0.4, -0.2) is 22.4 Å². The van der Waals surface area contributed by atoms with Crippen molar-refractivity contribution in [3.63, 3.8) is 0 Å². The Balaban J connectivity index is 1.84. The van der Waals surface area contributed by atoms with E-state index in [0.717, 1.165) is 16.5 Å². The van der Waals surface area contributed by atoms with Crippen LogP contribution in [0.3, 0.4) is 0 Å². The van der Waals surface area contributed by atoms with E-state index in [9.17, 15) is 10.2 Å². The number of epoxide rings is 1. The van der Waals surface area contributed by atoms with Gasteiger partial charge >= 0.3 is 0 Å². The molecule has 4 atom stereocenters. The summed E-state index contributed by atoms with van der Waals surface area (Å²) in [6.45, 7) is 0. The SMILES string of the molecule is O[C@@H]1c2c[13c]3[13cH]cc4cccc5c6ccccc6c(c2C2OC2[C@H]1O)c3c45. The fraction of sp³-hybridized carbons (Fsp3) is 0.167. The van der Waals surface area contributed by atoms with Gasteiger partial charge in [0.15, 0.2) is 0 Å². The average molecular weight is 354 g/mol. The molecule has 2 aliphatic rings. The lowest BCUT2D eigenvalue weighted by atomic mass is 9.82. The fourth-order valence-electron chi connectivity index (χ4n) is 5.28. The normalized spacial score (nSPS) is 26.7. The zero-order chi connectivity index (χ0) is 17.9. The third-order valence-electron chi connectivity index (χ3n) is 6.49. The molecule has 1 aliphatic carbocycles. The second-order valence-corrected chi connectivity index (χ2v) is 7.82. The van der Waals surface area contributed by atoms with Crippen molar-refractivity contribution < 1.29 is 14.9 Å². The standard InChI is InChI=1S/C24H16O3/c25-21-16-10-12-9-8-11-4-3-7-14-13-5-1-2-6-15(13)19(18(12)17(11)14)20(16)23-24(27-23)22(21)26/h1-10,21-26H/t21-,22+,23?,24?/m1/s1/i9+1,12+1. The molecule has 0 amide bonds. The maximum absolute atomic E-state index is 10.8. The van der Waals surface area contributed by atoms with E-state index in [-0.39, 0.29) is 12.2 Å². The number of aliphatic hydroxyl groups is 2. The highest BCUT2D eigenvalue weighted by molar-refractivity contribution is 6.34. The van der Waals surface area contributed by atoms with Gasteiger partial charge in [-0.25, -0.2) is 0 Å². The Hall–Kier alpha value is -2.72. The summed E-state index contributed by atoms with van der Waals surface area (Å²) in [6, 6.07) is 21.3. The molecule has 0 bridgehead atoms. The molecule has 1 heterocycles. The highest BCUT2D eigenvalue weighted by Gasteiger charge is 2.54. The van der Waals surface area contributed by atoms with Gasteiger partial charge in [-0.3, -0.25) is 0 Å². The van der Waals surface area contributed by atoms with Crippen molar-refractivity contribution >= 4 is 43.1 Å². The van der Waals surface area contributed by atoms with Crippen LogP contribution in [0.4, 0.5) is 0 Å². The van der Waals surface area contributed by atoms with E-state index in [2.05, 4.69) is 54.6 Å². The van der Waals surface area contributed by atoms with Crippen LogP contribution in [0.5, 0.6) is 0 Å². The smallest absolute Gasteiger partial charge is 0.118 e. The van der Waals surface area contributed by atoms with Gasteiger partial charge in [0.2, 0.25) is 0 Å². The van der Waals surface area contributed by atoms with E-state index in [1.54, 1.807) is 0 Å². The second-order valence-electron chi connectivity index (χ2n) is 7.82. The van der Waals surface area contributed by atoms with Gasteiger partial charge in [-0.1, -0.05) is 54.6 Å². The molecule has 2 N–H and O–H groups in total. The number of rotatable bonds is 0. The fourth-order valence-corrected chi connectivity index (χ4v) is 5.28. The van der Waals surface area contributed by atoms with Crippen LogP contribution in [-0.2, 0) is 4.74 Å². The van der Waals surface area contributed by atoms with E-state index < -0.39 is 12.2 Å². The van der Waals surface area contributed by atoms with Gasteiger partial charge < -0.3 is 14.9 Å². The summed E-state index contributed by atoms with van der Waals surface area (Å²) in [6.07, 6.45) is -2.21. The van der Waals surface area contributed by atoms with Gasteiger partial charge in [-0.05, 0) is 60.3 Å². The third kappa shape index (κ3) is 1.60. The molecule has 1 saturated heterocycles.